The first kappa shape index (κ1) is 22.2. The predicted molar refractivity (Wildman–Crippen MR) is 116 cm³/mol. The van der Waals surface area contributed by atoms with Crippen LogP contribution in [0.2, 0.25) is 0 Å². The van der Waals surface area contributed by atoms with Gasteiger partial charge in [-0.25, -0.2) is 0 Å². The van der Waals surface area contributed by atoms with Crippen molar-refractivity contribution in [3.8, 4) is 5.75 Å². The molecular weight excluding hydrogens is 386 g/mol. The highest BCUT2D eigenvalue weighted by atomic mass is 35.5. The van der Waals surface area contributed by atoms with Crippen molar-refractivity contribution in [2.75, 3.05) is 13.2 Å². The van der Waals surface area contributed by atoms with Crippen molar-refractivity contribution in [2.45, 2.75) is 6.92 Å². The van der Waals surface area contributed by atoms with Crippen LogP contribution < -0.4 is 21.8 Å². The molecule has 0 aliphatic carbocycles. The minimum Gasteiger partial charge on any atom is -0.492 e. The second-order valence-corrected chi connectivity index (χ2v) is 5.85. The number of guanidine groups is 1. The van der Waals surface area contributed by atoms with Gasteiger partial charge in [-0.15, -0.1) is 13.2 Å². The molecule has 1 aromatic carbocycles. The summed E-state index contributed by atoms with van der Waals surface area (Å²) in [4.78, 5) is 19.7. The lowest BCUT2D eigenvalue weighted by atomic mass is 10.2. The highest BCUT2D eigenvalue weighted by molar-refractivity contribution is 7.71. The van der Waals surface area contributed by atoms with E-state index in [0.717, 1.165) is 0 Å². The lowest BCUT2D eigenvalue weighted by Crippen LogP contribution is -2.23. The maximum absolute atomic E-state index is 12.9. The van der Waals surface area contributed by atoms with Crippen molar-refractivity contribution in [2.24, 2.45) is 16.5 Å². The number of H-pyrrole nitrogens is 1. The molecule has 5 N–H and O–H groups in total. The highest BCUT2D eigenvalue weighted by Crippen LogP contribution is 2.20. The Morgan fingerprint density at radius 2 is 2.11 bits per heavy atom. The van der Waals surface area contributed by atoms with Crippen LogP contribution in [-0.2, 0) is 0 Å². The molecule has 0 aliphatic rings. The van der Waals surface area contributed by atoms with Gasteiger partial charge in [0.25, 0.3) is 5.56 Å². The number of nitrogens with one attached hydrogen (secondary N) is 1. The third-order valence-electron chi connectivity index (χ3n) is 3.32. The van der Waals surface area contributed by atoms with E-state index in [-0.39, 0.29) is 27.9 Å². The summed E-state index contributed by atoms with van der Waals surface area (Å²) in [5, 5.41) is 0.623. The Morgan fingerprint density at radius 3 is 2.67 bits per heavy atom. The van der Waals surface area contributed by atoms with Gasteiger partial charge in [0, 0.05) is 0 Å². The summed E-state index contributed by atoms with van der Waals surface area (Å²) in [7, 11) is 0. The van der Waals surface area contributed by atoms with Crippen LogP contribution in [0, 0.1) is 4.77 Å². The first-order valence-corrected chi connectivity index (χ1v) is 8.62. The van der Waals surface area contributed by atoms with Crippen LogP contribution in [0.4, 0.5) is 0 Å². The summed E-state index contributed by atoms with van der Waals surface area (Å²) in [6, 6.07) is 5.07. The van der Waals surface area contributed by atoms with Crippen molar-refractivity contribution < 1.29 is 4.74 Å². The average Bonchev–Trinajstić information content (AvgIpc) is 2.63. The number of ether oxygens (including phenoxy) is 1. The fourth-order valence-electron chi connectivity index (χ4n) is 2.25. The third kappa shape index (κ3) is 5.57. The molecule has 0 fully saturated rings. The Hall–Kier alpha value is -2.84. The Kier molecular flexibility index (Phi) is 8.50. The molecule has 0 aliphatic heterocycles. The number of fused-ring (bicyclic) bond motifs is 1. The summed E-state index contributed by atoms with van der Waals surface area (Å²) in [6.45, 7) is 12.0. The molecule has 7 nitrogen and oxygen atoms in total. The van der Waals surface area contributed by atoms with Crippen molar-refractivity contribution in [1.82, 2.24) is 9.55 Å². The van der Waals surface area contributed by atoms with Gasteiger partial charge in [-0.2, -0.15) is 0 Å². The molecule has 2 rings (SSSR count). The Balaban J connectivity index is 0.00000176. The molecule has 0 radical (unpaired) electrons. The number of aliphatic imine (C=N–C) groups is 1. The molecule has 144 valence electrons. The summed E-state index contributed by atoms with van der Waals surface area (Å²) in [6.07, 6.45) is 1.67. The minimum absolute atomic E-state index is 0.00208. The molecule has 0 spiro atoms. The summed E-state index contributed by atoms with van der Waals surface area (Å²) >= 11 is 11.2. The molecule has 0 saturated heterocycles. The van der Waals surface area contributed by atoms with Crippen LogP contribution in [0.25, 0.3) is 16.6 Å². The van der Waals surface area contributed by atoms with E-state index in [1.807, 2.05) is 0 Å². The van der Waals surface area contributed by atoms with Crippen molar-refractivity contribution >= 4 is 46.4 Å². The van der Waals surface area contributed by atoms with Crippen LogP contribution in [-0.4, -0.2) is 28.7 Å². The first-order chi connectivity index (χ1) is 12.8. The van der Waals surface area contributed by atoms with E-state index >= 15 is 0 Å². The van der Waals surface area contributed by atoms with Gasteiger partial charge >= 0.3 is 0 Å². The smallest absolute Gasteiger partial charge is 0.266 e. The Labute approximate surface area is 167 Å². The maximum atomic E-state index is 12.9. The average molecular weight is 408 g/mol. The van der Waals surface area contributed by atoms with E-state index < -0.39 is 0 Å². The standard InChI is InChI=1S/C16H18ClN5O2S.C2H4/c1-3-13(9(2)17)22-14(23)11-8-10(24-7-6-20-15(18)19)4-5-12(11)21-16(22)25;1-2/h3-5,8H,2,6-7H2,1H3,(H,21,25)(H4,18,19,20);1-2H2/b13-3+;. The van der Waals surface area contributed by atoms with Crippen molar-refractivity contribution in [3.05, 3.63) is 64.2 Å². The van der Waals surface area contributed by atoms with Crippen LogP contribution in [0.3, 0.4) is 0 Å². The number of aromatic amines is 1. The summed E-state index contributed by atoms with van der Waals surface area (Å²) < 4.78 is 7.09. The number of aromatic nitrogens is 2. The van der Waals surface area contributed by atoms with Crippen LogP contribution in [0.15, 0.2) is 58.8 Å². The molecule has 1 aromatic heterocycles. The van der Waals surface area contributed by atoms with Crippen LogP contribution in [0.1, 0.15) is 6.92 Å². The topological polar surface area (TPSA) is 111 Å². The van der Waals surface area contributed by atoms with Crippen LogP contribution in [0.5, 0.6) is 5.75 Å². The second-order valence-electron chi connectivity index (χ2n) is 5.01. The van der Waals surface area contributed by atoms with Crippen molar-refractivity contribution in [3.63, 3.8) is 0 Å². The van der Waals surface area contributed by atoms with Gasteiger partial charge < -0.3 is 21.2 Å². The molecule has 0 amide bonds. The van der Waals surface area contributed by atoms with E-state index in [2.05, 4.69) is 29.7 Å². The van der Waals surface area contributed by atoms with E-state index in [4.69, 9.17) is 40.0 Å². The maximum Gasteiger partial charge on any atom is 0.266 e. The summed E-state index contributed by atoms with van der Waals surface area (Å²) in [5.41, 5.74) is 11.2. The normalized spacial score (nSPS) is 10.7. The van der Waals surface area contributed by atoms with Gasteiger partial charge in [0.2, 0.25) is 0 Å². The fourth-order valence-corrected chi connectivity index (χ4v) is 2.73. The molecule has 0 unspecified atom stereocenters. The number of benzene rings is 1. The third-order valence-corrected chi connectivity index (χ3v) is 3.79. The monoisotopic (exact) mass is 407 g/mol. The lowest BCUT2D eigenvalue weighted by Gasteiger charge is -2.11. The van der Waals surface area contributed by atoms with Crippen molar-refractivity contribution in [1.29, 1.82) is 0 Å². The first-order valence-electron chi connectivity index (χ1n) is 7.84. The predicted octanol–water partition coefficient (Wildman–Crippen LogP) is 3.13. The molecule has 27 heavy (non-hydrogen) atoms. The minimum atomic E-state index is -0.316. The fraction of sp³-hybridized carbons (Fsp3) is 0.167. The van der Waals surface area contributed by atoms with E-state index in [0.29, 0.717) is 28.9 Å². The van der Waals surface area contributed by atoms with Crippen LogP contribution >= 0.6 is 23.8 Å². The molecule has 1 heterocycles. The second kappa shape index (κ2) is 10.3. The quantitative estimate of drug-likeness (QED) is 0.170. The number of hydrogen-bond acceptors (Lipinski definition) is 4. The number of rotatable bonds is 6. The number of nitrogens with zero attached hydrogens (tertiary/aromatic N) is 2. The number of hydrogen-bond donors (Lipinski definition) is 3. The molecule has 0 saturated carbocycles. The van der Waals surface area contributed by atoms with Gasteiger partial charge in [-0.3, -0.25) is 14.4 Å². The molecule has 9 heteroatoms. The lowest BCUT2D eigenvalue weighted by molar-refractivity contribution is 0.329. The summed E-state index contributed by atoms with van der Waals surface area (Å²) in [5.74, 6) is 0.511. The largest absolute Gasteiger partial charge is 0.492 e. The van der Waals surface area contributed by atoms with E-state index in [9.17, 15) is 4.79 Å². The molecule has 0 bridgehead atoms. The van der Waals surface area contributed by atoms with Gasteiger partial charge in [-0.05, 0) is 37.3 Å². The molecular formula is C18H22ClN5O2S. The number of allylic oxidation sites excluding steroid dienone is 3. The molecule has 0 atom stereocenters. The molecule has 2 aromatic rings. The zero-order chi connectivity index (χ0) is 20.6. The van der Waals surface area contributed by atoms with Gasteiger partial charge in [-0.1, -0.05) is 24.3 Å². The Bertz CT molecular complexity index is 1000. The highest BCUT2D eigenvalue weighted by Gasteiger charge is 2.11. The number of nitrogens with two attached hydrogens (primary N) is 2. The van der Waals surface area contributed by atoms with Gasteiger partial charge in [0.1, 0.15) is 12.4 Å². The van der Waals surface area contributed by atoms with Gasteiger partial charge in [0.05, 0.1) is 28.2 Å². The van der Waals surface area contributed by atoms with E-state index in [1.165, 1.54) is 4.57 Å². The van der Waals surface area contributed by atoms with Gasteiger partial charge in [0.15, 0.2) is 10.7 Å². The van der Waals surface area contributed by atoms with E-state index in [1.54, 1.807) is 31.2 Å². The zero-order valence-electron chi connectivity index (χ0n) is 15.0. The SMILES string of the molecule is C=C.C=C(Cl)/C(=C\C)n1c(=S)[nH]c2ccc(OCCN=C(N)N)cc2c1=O. The number of halogens is 1. The zero-order valence-corrected chi connectivity index (χ0v) is 16.6. The Morgan fingerprint density at radius 1 is 1.44 bits per heavy atom.